The molecule has 7 atom stereocenters. The molecule has 0 N–H and O–H groups in total. The Balaban J connectivity index is 0. The Bertz CT molecular complexity index is 773. The van der Waals surface area contributed by atoms with Crippen LogP contribution in [0.5, 0.6) is 0 Å². The summed E-state index contributed by atoms with van der Waals surface area (Å²) in [4.78, 5) is 0. The van der Waals surface area contributed by atoms with Gasteiger partial charge < -0.3 is 0 Å². The van der Waals surface area contributed by atoms with E-state index in [1.54, 1.807) is 0 Å². The normalized spacial score (nSPS) is 33.3. The van der Waals surface area contributed by atoms with Gasteiger partial charge in [-0.15, -0.1) is 0 Å². The molecule has 0 spiro atoms. The first-order valence-corrected chi connectivity index (χ1v) is 22.1. The maximum Gasteiger partial charge on any atom is -0.00569 e. The molecule has 4 aliphatic rings. The van der Waals surface area contributed by atoms with Crippen molar-refractivity contribution in [1.82, 2.24) is 0 Å². The highest BCUT2D eigenvalue weighted by Crippen LogP contribution is 2.73. The van der Waals surface area contributed by atoms with Gasteiger partial charge in [-0.05, 0) is 121 Å². The van der Waals surface area contributed by atoms with Gasteiger partial charge in [0, 0.05) is 0 Å². The second-order valence-corrected chi connectivity index (χ2v) is 18.1. The minimum absolute atomic E-state index is 0.457. The summed E-state index contributed by atoms with van der Waals surface area (Å²) in [5, 5.41) is 0. The molecule has 0 heterocycles. The topological polar surface area (TPSA) is 0 Å². The van der Waals surface area contributed by atoms with Gasteiger partial charge >= 0.3 is 0 Å². The van der Waals surface area contributed by atoms with Crippen molar-refractivity contribution in [3.05, 3.63) is 11.6 Å². The molecule has 47 heavy (non-hydrogen) atoms. The first-order chi connectivity index (χ1) is 22.1. The first-order valence-electron chi connectivity index (χ1n) is 21.4. The van der Waals surface area contributed by atoms with E-state index in [9.17, 15) is 0 Å². The minimum Gasteiger partial charge on any atom is -0.179 e. The van der Waals surface area contributed by atoms with E-state index < -0.39 is 0 Å². The van der Waals surface area contributed by atoms with E-state index in [1.807, 2.05) is 33.3 Å². The molecule has 3 fully saturated rings. The highest BCUT2D eigenvalue weighted by molar-refractivity contribution is 7.80. The molecule has 0 aromatic heterocycles. The molecule has 0 saturated heterocycles. The lowest BCUT2D eigenvalue weighted by atomic mass is 9.39. The second kappa shape index (κ2) is 25.1. The number of rotatable bonds is 9. The molecule has 3 saturated carbocycles. The van der Waals surface area contributed by atoms with Crippen LogP contribution in [0.2, 0.25) is 0 Å². The molecule has 0 aromatic carbocycles. The lowest BCUT2D eigenvalue weighted by Gasteiger charge is -2.65. The van der Waals surface area contributed by atoms with Crippen molar-refractivity contribution in [3.8, 4) is 0 Å². The van der Waals surface area contributed by atoms with Crippen molar-refractivity contribution in [2.75, 3.05) is 5.75 Å². The number of thiol groups is 1. The van der Waals surface area contributed by atoms with Crippen molar-refractivity contribution in [3.63, 3.8) is 0 Å². The van der Waals surface area contributed by atoms with Gasteiger partial charge in [-0.1, -0.05) is 174 Å². The average molecular weight is 679 g/mol. The van der Waals surface area contributed by atoms with Crippen LogP contribution >= 0.6 is 12.6 Å². The Hall–Kier alpha value is 0.0900. The van der Waals surface area contributed by atoms with Gasteiger partial charge in [0.15, 0.2) is 0 Å². The van der Waals surface area contributed by atoms with Gasteiger partial charge in [0.05, 0.1) is 0 Å². The van der Waals surface area contributed by atoms with Crippen LogP contribution < -0.4 is 0 Å². The van der Waals surface area contributed by atoms with Crippen molar-refractivity contribution in [2.24, 2.45) is 51.2 Å². The highest BCUT2D eigenvalue weighted by atomic mass is 32.1. The van der Waals surface area contributed by atoms with E-state index in [2.05, 4.69) is 109 Å². The second-order valence-electron chi connectivity index (χ2n) is 17.6. The Morgan fingerprint density at radius 3 is 1.74 bits per heavy atom. The largest absolute Gasteiger partial charge is 0.179 e. The third-order valence-electron chi connectivity index (χ3n) is 12.7. The van der Waals surface area contributed by atoms with Crippen LogP contribution in [0.25, 0.3) is 0 Å². The van der Waals surface area contributed by atoms with Crippen molar-refractivity contribution in [2.45, 2.75) is 227 Å². The zero-order chi connectivity index (χ0) is 36.9. The fraction of sp³-hybridized carbons (Fsp3) is 0.957. The molecule has 4 rings (SSSR count). The summed E-state index contributed by atoms with van der Waals surface area (Å²) in [5.74, 6) is 5.58. The predicted molar refractivity (Wildman–Crippen MR) is 224 cm³/mol. The van der Waals surface area contributed by atoms with Crippen LogP contribution in [0.3, 0.4) is 0 Å². The third-order valence-corrected chi connectivity index (χ3v) is 13.0. The summed E-state index contributed by atoms with van der Waals surface area (Å²) in [6.45, 7) is 38.8. The Morgan fingerprint density at radius 1 is 0.745 bits per heavy atom. The lowest BCUT2D eigenvalue weighted by molar-refractivity contribution is -0.0779. The summed E-state index contributed by atoms with van der Waals surface area (Å²) in [7, 11) is 0. The molecule has 0 amide bonds. The molecule has 0 radical (unpaired) electrons. The van der Waals surface area contributed by atoms with Gasteiger partial charge in [-0.2, -0.15) is 12.6 Å². The SMILES string of the molecule is CC.CC.CC(C)C.CC1CCC2(C)C3=CCC4(C)C(CCCCCS)CCC4C3(C)CCC2(C)C1.CCC(C)C.CCCCCC. The van der Waals surface area contributed by atoms with E-state index in [-0.39, 0.29) is 0 Å². The average Bonchev–Trinajstić information content (AvgIpc) is 3.38. The van der Waals surface area contributed by atoms with Gasteiger partial charge in [-0.3, -0.25) is 0 Å². The van der Waals surface area contributed by atoms with Gasteiger partial charge in [0.1, 0.15) is 0 Å². The standard InChI is InChI=1S/C27H46S.C6H14.C5H12.C4H10.2C2H6/c1-20-12-15-27(5)23-13-14-25(3)21(9-7-6-8-18-28)10-11-22(25)26(23,4)17-16-24(27,2)19-20;1-3-5-6-4-2;1-4-5(2)3;1-4(2)3;2*1-2/h13,20-22,28H,6-12,14-19H2,1-5H3;3-6H2,1-2H3;5H,4H2,1-3H3;4H,1-3H3;2*1-2H3. The van der Waals surface area contributed by atoms with Crippen LogP contribution in [-0.4, -0.2) is 5.75 Å². The van der Waals surface area contributed by atoms with Crippen LogP contribution in [0.15, 0.2) is 11.6 Å². The maximum absolute atomic E-state index is 4.41. The zero-order valence-corrected chi connectivity index (χ0v) is 37.0. The van der Waals surface area contributed by atoms with Crippen molar-refractivity contribution < 1.29 is 0 Å². The Labute approximate surface area is 307 Å². The molecule has 1 heteroatoms. The minimum atomic E-state index is 0.457. The van der Waals surface area contributed by atoms with E-state index in [4.69, 9.17) is 0 Å². The van der Waals surface area contributed by atoms with Gasteiger partial charge in [-0.25, -0.2) is 0 Å². The summed E-state index contributed by atoms with van der Waals surface area (Å²) < 4.78 is 0. The molecular weight excluding hydrogens is 585 g/mol. The fourth-order valence-electron chi connectivity index (χ4n) is 9.53. The van der Waals surface area contributed by atoms with Crippen LogP contribution in [0.1, 0.15) is 227 Å². The smallest absolute Gasteiger partial charge is 0.00569 e. The summed E-state index contributed by atoms with van der Waals surface area (Å²) in [5.41, 5.74) is 3.94. The van der Waals surface area contributed by atoms with E-state index in [0.717, 1.165) is 35.3 Å². The Morgan fingerprint density at radius 2 is 1.28 bits per heavy atom. The number of fused-ring (bicyclic) bond motifs is 5. The number of unbranched alkanes of at least 4 members (excludes halogenated alkanes) is 5. The molecule has 0 aromatic rings. The molecule has 4 aliphatic carbocycles. The number of hydrogen-bond acceptors (Lipinski definition) is 1. The first kappa shape index (κ1) is 49.2. The quantitative estimate of drug-likeness (QED) is 0.140. The molecule has 0 nitrogen and oxygen atoms in total. The summed E-state index contributed by atoms with van der Waals surface area (Å²) >= 11 is 4.41. The third kappa shape index (κ3) is 14.3. The van der Waals surface area contributed by atoms with Crippen molar-refractivity contribution >= 4 is 12.6 Å². The predicted octanol–water partition coefficient (Wildman–Crippen LogP) is 16.8. The van der Waals surface area contributed by atoms with E-state index in [0.29, 0.717) is 21.7 Å². The Kier molecular flexibility index (Phi) is 26.3. The summed E-state index contributed by atoms with van der Waals surface area (Å²) in [6, 6.07) is 0. The zero-order valence-electron chi connectivity index (χ0n) is 36.1. The monoisotopic (exact) mass is 679 g/mol. The van der Waals surface area contributed by atoms with Gasteiger partial charge in [0.25, 0.3) is 0 Å². The number of allylic oxidation sites excluding steroid dienone is 2. The van der Waals surface area contributed by atoms with Crippen LogP contribution in [-0.2, 0) is 0 Å². The molecular formula is C46H94S. The van der Waals surface area contributed by atoms with E-state index >= 15 is 0 Å². The van der Waals surface area contributed by atoms with Crippen LogP contribution in [0.4, 0.5) is 0 Å². The van der Waals surface area contributed by atoms with E-state index in [1.165, 1.54) is 109 Å². The fourth-order valence-corrected chi connectivity index (χ4v) is 9.76. The molecule has 7 unspecified atom stereocenters. The lowest BCUT2D eigenvalue weighted by Crippen LogP contribution is -2.56. The maximum atomic E-state index is 4.41. The molecule has 0 aliphatic heterocycles. The summed E-state index contributed by atoms with van der Waals surface area (Å²) in [6.07, 6.45) is 26.8. The number of hydrogen-bond donors (Lipinski definition) is 1. The highest BCUT2D eigenvalue weighted by Gasteiger charge is 2.64. The van der Waals surface area contributed by atoms with Crippen molar-refractivity contribution in [1.29, 1.82) is 0 Å². The van der Waals surface area contributed by atoms with Crippen LogP contribution in [0, 0.1) is 51.2 Å². The van der Waals surface area contributed by atoms with Gasteiger partial charge in [0.2, 0.25) is 0 Å². The molecule has 284 valence electrons. The molecule has 0 bridgehead atoms.